The Hall–Kier alpha value is -0.410. The number of nitrogens with one attached hydrogen (secondary N) is 1. The molecule has 1 aliphatic carbocycles. The number of thiazole rings is 1. The van der Waals surface area contributed by atoms with Crippen LogP contribution in [0.1, 0.15) is 48.3 Å². The molecule has 1 heterocycles. The summed E-state index contributed by atoms with van der Waals surface area (Å²) in [5.41, 5.74) is 1.23. The summed E-state index contributed by atoms with van der Waals surface area (Å²) in [5, 5.41) is 4.80. The normalized spacial score (nSPS) is 18.1. The molecular formula is C12H20N2S. The van der Waals surface area contributed by atoms with E-state index in [2.05, 4.69) is 31.1 Å². The molecule has 1 atom stereocenters. The Balaban J connectivity index is 2.05. The van der Waals surface area contributed by atoms with E-state index in [-0.39, 0.29) is 0 Å². The predicted molar refractivity (Wildman–Crippen MR) is 65.4 cm³/mol. The Bertz CT molecular complexity index is 328. The van der Waals surface area contributed by atoms with Crippen LogP contribution in [0.15, 0.2) is 0 Å². The summed E-state index contributed by atoms with van der Waals surface area (Å²) in [7, 11) is 0. The van der Waals surface area contributed by atoms with Gasteiger partial charge in [-0.15, -0.1) is 11.3 Å². The van der Waals surface area contributed by atoms with Crippen LogP contribution in [-0.2, 0) is 6.42 Å². The second-order valence-electron chi connectivity index (χ2n) is 4.48. The van der Waals surface area contributed by atoms with E-state index in [0.29, 0.717) is 6.04 Å². The third-order valence-electron chi connectivity index (χ3n) is 2.94. The van der Waals surface area contributed by atoms with Crippen LogP contribution in [0.5, 0.6) is 0 Å². The van der Waals surface area contributed by atoms with Gasteiger partial charge in [0.15, 0.2) is 0 Å². The SMILES string of the molecule is CCNC(C)c1sc(CC2CC2)nc1C. The highest BCUT2D eigenvalue weighted by Gasteiger charge is 2.24. The lowest BCUT2D eigenvalue weighted by Gasteiger charge is -2.09. The van der Waals surface area contributed by atoms with Crippen LogP contribution < -0.4 is 5.32 Å². The number of aryl methyl sites for hydroxylation is 1. The number of hydrogen-bond acceptors (Lipinski definition) is 3. The molecule has 0 amide bonds. The van der Waals surface area contributed by atoms with Crippen molar-refractivity contribution in [2.24, 2.45) is 5.92 Å². The molecule has 1 saturated carbocycles. The van der Waals surface area contributed by atoms with E-state index in [1.165, 1.54) is 34.8 Å². The molecule has 15 heavy (non-hydrogen) atoms. The third kappa shape index (κ3) is 2.79. The van der Waals surface area contributed by atoms with Gasteiger partial charge < -0.3 is 5.32 Å². The molecule has 1 aromatic rings. The van der Waals surface area contributed by atoms with Gasteiger partial charge in [-0.05, 0) is 39.2 Å². The van der Waals surface area contributed by atoms with Crippen molar-refractivity contribution in [3.8, 4) is 0 Å². The predicted octanol–water partition coefficient (Wildman–Crippen LogP) is 3.07. The summed E-state index contributed by atoms with van der Waals surface area (Å²) >= 11 is 1.90. The van der Waals surface area contributed by atoms with Crippen molar-refractivity contribution in [3.63, 3.8) is 0 Å². The van der Waals surface area contributed by atoms with Gasteiger partial charge in [-0.3, -0.25) is 0 Å². The number of rotatable bonds is 5. The zero-order chi connectivity index (χ0) is 10.8. The molecule has 0 aliphatic heterocycles. The van der Waals surface area contributed by atoms with Gasteiger partial charge in [-0.25, -0.2) is 4.98 Å². The Morgan fingerprint density at radius 2 is 2.27 bits per heavy atom. The molecular weight excluding hydrogens is 204 g/mol. The lowest BCUT2D eigenvalue weighted by Crippen LogP contribution is -2.17. The number of aromatic nitrogens is 1. The summed E-state index contributed by atoms with van der Waals surface area (Å²) in [4.78, 5) is 6.10. The molecule has 1 fully saturated rings. The molecule has 0 radical (unpaired) electrons. The van der Waals surface area contributed by atoms with Crippen molar-refractivity contribution in [3.05, 3.63) is 15.6 Å². The van der Waals surface area contributed by atoms with Crippen LogP contribution in [0.2, 0.25) is 0 Å². The molecule has 2 rings (SSSR count). The van der Waals surface area contributed by atoms with Crippen molar-refractivity contribution in [1.82, 2.24) is 10.3 Å². The number of hydrogen-bond donors (Lipinski definition) is 1. The zero-order valence-electron chi connectivity index (χ0n) is 9.84. The molecule has 0 saturated heterocycles. The second-order valence-corrected chi connectivity index (χ2v) is 5.60. The molecule has 1 unspecified atom stereocenters. The topological polar surface area (TPSA) is 24.9 Å². The van der Waals surface area contributed by atoms with Crippen LogP contribution in [0.25, 0.3) is 0 Å². The molecule has 1 aliphatic rings. The van der Waals surface area contributed by atoms with Crippen molar-refractivity contribution >= 4 is 11.3 Å². The van der Waals surface area contributed by atoms with Crippen LogP contribution >= 0.6 is 11.3 Å². The minimum Gasteiger partial charge on any atom is -0.310 e. The molecule has 0 aromatic carbocycles. The highest BCUT2D eigenvalue weighted by atomic mass is 32.1. The summed E-state index contributed by atoms with van der Waals surface area (Å²) in [5.74, 6) is 0.942. The summed E-state index contributed by atoms with van der Waals surface area (Å²) in [6.45, 7) is 7.54. The van der Waals surface area contributed by atoms with Gasteiger partial charge in [-0.2, -0.15) is 0 Å². The lowest BCUT2D eigenvalue weighted by atomic mass is 10.2. The molecule has 3 heteroatoms. The van der Waals surface area contributed by atoms with E-state index >= 15 is 0 Å². The largest absolute Gasteiger partial charge is 0.310 e. The molecule has 1 N–H and O–H groups in total. The second kappa shape index (κ2) is 4.62. The first-order chi connectivity index (χ1) is 7.20. The standard InChI is InChI=1S/C12H20N2S/c1-4-13-8(2)12-9(3)14-11(15-12)7-10-5-6-10/h8,10,13H,4-7H2,1-3H3. The maximum absolute atomic E-state index is 4.67. The van der Waals surface area contributed by atoms with E-state index in [9.17, 15) is 0 Å². The highest BCUT2D eigenvalue weighted by Crippen LogP contribution is 2.35. The Kier molecular flexibility index (Phi) is 3.42. The molecule has 0 spiro atoms. The molecule has 2 nitrogen and oxygen atoms in total. The summed E-state index contributed by atoms with van der Waals surface area (Å²) in [6, 6.07) is 0.459. The summed E-state index contributed by atoms with van der Waals surface area (Å²) in [6.07, 6.45) is 4.04. The van der Waals surface area contributed by atoms with Crippen molar-refractivity contribution in [2.75, 3.05) is 6.54 Å². The van der Waals surface area contributed by atoms with Gasteiger partial charge in [0.1, 0.15) is 0 Å². The average Bonchev–Trinajstić information content (AvgIpc) is 2.90. The van der Waals surface area contributed by atoms with Gasteiger partial charge >= 0.3 is 0 Å². The molecule has 84 valence electrons. The Labute approximate surface area is 96.1 Å². The maximum atomic E-state index is 4.67. The highest BCUT2D eigenvalue weighted by molar-refractivity contribution is 7.11. The average molecular weight is 224 g/mol. The third-order valence-corrected chi connectivity index (χ3v) is 4.30. The number of nitrogens with zero attached hydrogens (tertiary/aromatic N) is 1. The van der Waals surface area contributed by atoms with E-state index in [1.54, 1.807) is 0 Å². The monoisotopic (exact) mass is 224 g/mol. The van der Waals surface area contributed by atoms with Gasteiger partial charge in [0.25, 0.3) is 0 Å². The molecule has 1 aromatic heterocycles. The van der Waals surface area contributed by atoms with Gasteiger partial charge in [0.05, 0.1) is 10.7 Å². The lowest BCUT2D eigenvalue weighted by molar-refractivity contribution is 0.603. The fourth-order valence-electron chi connectivity index (χ4n) is 1.92. The Morgan fingerprint density at radius 3 is 2.87 bits per heavy atom. The minimum atomic E-state index is 0.459. The van der Waals surface area contributed by atoms with Crippen LogP contribution in [0, 0.1) is 12.8 Å². The first-order valence-corrected chi connectivity index (χ1v) is 6.72. The first-order valence-electron chi connectivity index (χ1n) is 5.90. The van der Waals surface area contributed by atoms with E-state index in [0.717, 1.165) is 12.5 Å². The molecule has 0 bridgehead atoms. The fraction of sp³-hybridized carbons (Fsp3) is 0.750. The quantitative estimate of drug-likeness (QED) is 0.831. The maximum Gasteiger partial charge on any atom is 0.0934 e. The summed E-state index contributed by atoms with van der Waals surface area (Å²) < 4.78 is 0. The van der Waals surface area contributed by atoms with Crippen molar-refractivity contribution in [2.45, 2.75) is 46.1 Å². The van der Waals surface area contributed by atoms with Crippen LogP contribution in [0.4, 0.5) is 0 Å². The minimum absolute atomic E-state index is 0.459. The fourth-order valence-corrected chi connectivity index (χ4v) is 3.13. The zero-order valence-corrected chi connectivity index (χ0v) is 10.7. The Morgan fingerprint density at radius 1 is 1.53 bits per heavy atom. The van der Waals surface area contributed by atoms with E-state index in [1.807, 2.05) is 11.3 Å². The van der Waals surface area contributed by atoms with Gasteiger partial charge in [0.2, 0.25) is 0 Å². The van der Waals surface area contributed by atoms with E-state index < -0.39 is 0 Å². The smallest absolute Gasteiger partial charge is 0.0934 e. The van der Waals surface area contributed by atoms with Crippen molar-refractivity contribution < 1.29 is 0 Å². The van der Waals surface area contributed by atoms with Crippen LogP contribution in [-0.4, -0.2) is 11.5 Å². The van der Waals surface area contributed by atoms with Crippen LogP contribution in [0.3, 0.4) is 0 Å². The van der Waals surface area contributed by atoms with Crippen molar-refractivity contribution in [1.29, 1.82) is 0 Å². The van der Waals surface area contributed by atoms with Gasteiger partial charge in [0, 0.05) is 17.3 Å². The van der Waals surface area contributed by atoms with Gasteiger partial charge in [-0.1, -0.05) is 6.92 Å². The van der Waals surface area contributed by atoms with E-state index in [4.69, 9.17) is 0 Å². The first kappa shape index (κ1) is 11.1.